The van der Waals surface area contributed by atoms with E-state index < -0.39 is 11.9 Å². The topological polar surface area (TPSA) is 77.0 Å². The Morgan fingerprint density at radius 3 is 2.77 bits per heavy atom. The third kappa shape index (κ3) is 4.98. The molecule has 1 heterocycles. The molecule has 1 aromatic rings. The van der Waals surface area contributed by atoms with Gasteiger partial charge in [-0.25, -0.2) is 4.79 Å². The molecule has 1 aliphatic heterocycles. The number of ether oxygens (including phenoxy) is 3. The van der Waals surface area contributed by atoms with Crippen molar-refractivity contribution in [1.29, 1.82) is 0 Å². The molecule has 1 saturated heterocycles. The molecule has 2 N–H and O–H groups in total. The number of aliphatic hydroxyl groups is 1. The van der Waals surface area contributed by atoms with Crippen LogP contribution in [-0.2, 0) is 20.8 Å². The molecule has 22 heavy (non-hydrogen) atoms. The monoisotopic (exact) mass is 309 g/mol. The van der Waals surface area contributed by atoms with E-state index in [9.17, 15) is 9.90 Å². The van der Waals surface area contributed by atoms with E-state index in [0.29, 0.717) is 6.61 Å². The number of alkyl carbamates (subject to hydrolysis) is 1. The lowest BCUT2D eigenvalue weighted by Gasteiger charge is -2.22. The molecule has 0 aliphatic carbocycles. The number of benzene rings is 1. The Morgan fingerprint density at radius 2 is 2.18 bits per heavy atom. The molecule has 122 valence electrons. The van der Waals surface area contributed by atoms with Crippen molar-refractivity contribution < 1.29 is 24.1 Å². The second-order valence-corrected chi connectivity index (χ2v) is 5.75. The van der Waals surface area contributed by atoms with Crippen molar-refractivity contribution in [3.05, 3.63) is 35.9 Å². The standard InChI is InChI=1S/C16H23NO5/c1-16(2)21-11-14(22-16)13(9-18)8-17-15(19)20-10-12-6-4-3-5-7-12/h3-7,13-14,18H,8-11H2,1-2H3,(H,17,19)/t13-,14-/m0/s1. The van der Waals surface area contributed by atoms with E-state index in [1.807, 2.05) is 44.2 Å². The van der Waals surface area contributed by atoms with Crippen LogP contribution in [0, 0.1) is 5.92 Å². The van der Waals surface area contributed by atoms with E-state index in [1.54, 1.807) is 0 Å². The lowest BCUT2D eigenvalue weighted by molar-refractivity contribution is -0.145. The molecule has 6 nitrogen and oxygen atoms in total. The second-order valence-electron chi connectivity index (χ2n) is 5.75. The molecule has 1 amide bonds. The number of nitrogens with one attached hydrogen (secondary N) is 1. The molecule has 0 bridgehead atoms. The van der Waals surface area contributed by atoms with E-state index >= 15 is 0 Å². The predicted molar refractivity (Wildman–Crippen MR) is 80.1 cm³/mol. The molecule has 0 saturated carbocycles. The van der Waals surface area contributed by atoms with E-state index in [-0.39, 0.29) is 31.8 Å². The molecule has 2 atom stereocenters. The van der Waals surface area contributed by atoms with Gasteiger partial charge in [-0.3, -0.25) is 0 Å². The van der Waals surface area contributed by atoms with Crippen LogP contribution in [-0.4, -0.2) is 42.8 Å². The number of hydrogen-bond acceptors (Lipinski definition) is 5. The SMILES string of the molecule is CC1(C)OC[C@@H]([C@H](CO)CNC(=O)OCc2ccccc2)O1. The summed E-state index contributed by atoms with van der Waals surface area (Å²) < 4.78 is 16.3. The van der Waals surface area contributed by atoms with Crippen LogP contribution in [0.2, 0.25) is 0 Å². The Bertz CT molecular complexity index is 477. The quantitative estimate of drug-likeness (QED) is 0.836. The van der Waals surface area contributed by atoms with Gasteiger partial charge < -0.3 is 24.6 Å². The van der Waals surface area contributed by atoms with Crippen molar-refractivity contribution >= 4 is 6.09 Å². The first-order valence-electron chi connectivity index (χ1n) is 7.37. The number of carbonyl (C=O) groups excluding carboxylic acids is 1. The average Bonchev–Trinajstić information content (AvgIpc) is 2.87. The van der Waals surface area contributed by atoms with Crippen LogP contribution in [0.15, 0.2) is 30.3 Å². The van der Waals surface area contributed by atoms with Crippen molar-refractivity contribution in [2.45, 2.75) is 32.3 Å². The molecule has 2 rings (SSSR count). The molecule has 6 heteroatoms. The fourth-order valence-electron chi connectivity index (χ4n) is 2.25. The lowest BCUT2D eigenvalue weighted by atomic mass is 10.0. The van der Waals surface area contributed by atoms with Crippen LogP contribution in [0.25, 0.3) is 0 Å². The third-order valence-electron chi connectivity index (χ3n) is 3.51. The molecular weight excluding hydrogens is 286 g/mol. The summed E-state index contributed by atoms with van der Waals surface area (Å²) in [5.74, 6) is -0.877. The Kier molecular flexibility index (Phi) is 5.76. The van der Waals surface area contributed by atoms with Gasteiger partial charge in [0.05, 0.1) is 19.3 Å². The number of rotatable bonds is 6. The van der Waals surface area contributed by atoms with Crippen molar-refractivity contribution in [2.24, 2.45) is 5.92 Å². The zero-order chi connectivity index (χ0) is 16.0. The van der Waals surface area contributed by atoms with Crippen LogP contribution < -0.4 is 5.32 Å². The first-order chi connectivity index (χ1) is 10.5. The predicted octanol–water partition coefficient (Wildman–Crippen LogP) is 1.67. The summed E-state index contributed by atoms with van der Waals surface area (Å²) in [6, 6.07) is 9.45. The minimum Gasteiger partial charge on any atom is -0.445 e. The summed E-state index contributed by atoms with van der Waals surface area (Å²) in [7, 11) is 0. The van der Waals surface area contributed by atoms with Gasteiger partial charge in [-0.2, -0.15) is 0 Å². The number of aliphatic hydroxyl groups excluding tert-OH is 1. The number of carbonyl (C=O) groups is 1. The minimum absolute atomic E-state index is 0.0942. The maximum Gasteiger partial charge on any atom is 0.407 e. The fourth-order valence-corrected chi connectivity index (χ4v) is 2.25. The number of amides is 1. The van der Waals surface area contributed by atoms with Gasteiger partial charge in [-0.05, 0) is 19.4 Å². The summed E-state index contributed by atoms with van der Waals surface area (Å²) >= 11 is 0. The first kappa shape index (κ1) is 16.7. The van der Waals surface area contributed by atoms with Crippen LogP contribution in [0.4, 0.5) is 4.79 Å². The molecule has 0 unspecified atom stereocenters. The van der Waals surface area contributed by atoms with Gasteiger partial charge in [-0.15, -0.1) is 0 Å². The van der Waals surface area contributed by atoms with Gasteiger partial charge in [0.1, 0.15) is 6.61 Å². The van der Waals surface area contributed by atoms with E-state index in [0.717, 1.165) is 5.56 Å². The highest BCUT2D eigenvalue weighted by Gasteiger charge is 2.37. The Hall–Kier alpha value is -1.63. The number of hydrogen-bond donors (Lipinski definition) is 2. The van der Waals surface area contributed by atoms with E-state index in [4.69, 9.17) is 14.2 Å². The van der Waals surface area contributed by atoms with Gasteiger partial charge in [0.15, 0.2) is 5.79 Å². The van der Waals surface area contributed by atoms with Crippen LogP contribution in [0.5, 0.6) is 0 Å². The minimum atomic E-state index is -0.647. The summed E-state index contributed by atoms with van der Waals surface area (Å²) in [4.78, 5) is 11.7. The van der Waals surface area contributed by atoms with Crippen molar-refractivity contribution in [3.8, 4) is 0 Å². The highest BCUT2D eigenvalue weighted by atomic mass is 16.7. The van der Waals surface area contributed by atoms with Crippen molar-refractivity contribution in [2.75, 3.05) is 19.8 Å². The highest BCUT2D eigenvalue weighted by Crippen LogP contribution is 2.26. The van der Waals surface area contributed by atoms with Crippen LogP contribution >= 0.6 is 0 Å². The molecular formula is C16H23NO5. The molecule has 1 aromatic carbocycles. The fraction of sp³-hybridized carbons (Fsp3) is 0.562. The van der Waals surface area contributed by atoms with Crippen LogP contribution in [0.3, 0.4) is 0 Å². The Morgan fingerprint density at radius 1 is 1.45 bits per heavy atom. The Labute approximate surface area is 130 Å². The molecule has 0 radical (unpaired) electrons. The first-order valence-corrected chi connectivity index (χ1v) is 7.37. The van der Waals surface area contributed by atoms with Gasteiger partial charge in [0, 0.05) is 12.5 Å². The summed E-state index contributed by atoms with van der Waals surface area (Å²) in [6.07, 6.45) is -0.755. The summed E-state index contributed by atoms with van der Waals surface area (Å²) in [6.45, 7) is 4.44. The zero-order valence-electron chi connectivity index (χ0n) is 13.0. The van der Waals surface area contributed by atoms with Crippen molar-refractivity contribution in [3.63, 3.8) is 0 Å². The average molecular weight is 309 g/mol. The van der Waals surface area contributed by atoms with Gasteiger partial charge >= 0.3 is 6.09 Å². The summed E-state index contributed by atoms with van der Waals surface area (Å²) in [5, 5.41) is 12.1. The molecule has 0 aromatic heterocycles. The van der Waals surface area contributed by atoms with Gasteiger partial charge in [0.2, 0.25) is 0 Å². The summed E-state index contributed by atoms with van der Waals surface area (Å²) in [5.41, 5.74) is 0.922. The van der Waals surface area contributed by atoms with E-state index in [2.05, 4.69) is 5.32 Å². The largest absolute Gasteiger partial charge is 0.445 e. The maximum absolute atomic E-state index is 11.7. The maximum atomic E-state index is 11.7. The Balaban J connectivity index is 1.72. The molecule has 1 fully saturated rings. The smallest absolute Gasteiger partial charge is 0.407 e. The zero-order valence-corrected chi connectivity index (χ0v) is 13.0. The molecule has 0 spiro atoms. The highest BCUT2D eigenvalue weighted by molar-refractivity contribution is 5.67. The van der Waals surface area contributed by atoms with Crippen LogP contribution in [0.1, 0.15) is 19.4 Å². The van der Waals surface area contributed by atoms with Gasteiger partial charge in [0.25, 0.3) is 0 Å². The third-order valence-corrected chi connectivity index (χ3v) is 3.51. The molecule has 1 aliphatic rings. The normalized spacial score (nSPS) is 21.3. The lowest BCUT2D eigenvalue weighted by Crippen LogP contribution is -2.39. The van der Waals surface area contributed by atoms with E-state index in [1.165, 1.54) is 0 Å². The van der Waals surface area contributed by atoms with Gasteiger partial charge in [-0.1, -0.05) is 30.3 Å². The second kappa shape index (κ2) is 7.58. The van der Waals surface area contributed by atoms with Crippen molar-refractivity contribution in [1.82, 2.24) is 5.32 Å².